The molecule has 3 unspecified atom stereocenters. The molecule has 2 spiro atoms. The van der Waals surface area contributed by atoms with Gasteiger partial charge in [-0.25, -0.2) is 9.97 Å². The number of phenols is 1. The fourth-order valence-corrected chi connectivity index (χ4v) is 9.04. The van der Waals surface area contributed by atoms with Gasteiger partial charge in [-0.2, -0.15) is 0 Å². The highest BCUT2D eigenvalue weighted by atomic mass is 16.6. The molecular formula is C25H30N2O6. The van der Waals surface area contributed by atoms with Crippen molar-refractivity contribution in [3.8, 4) is 5.75 Å². The van der Waals surface area contributed by atoms with Gasteiger partial charge in [-0.1, -0.05) is 19.9 Å². The molecule has 8 rings (SSSR count). The number of hydrogen-bond donors (Lipinski definition) is 5. The van der Waals surface area contributed by atoms with Crippen LogP contribution in [-0.2, 0) is 10.2 Å². The Morgan fingerprint density at radius 1 is 1.03 bits per heavy atom. The molecule has 5 fully saturated rings. The van der Waals surface area contributed by atoms with E-state index in [9.17, 15) is 25.5 Å². The minimum Gasteiger partial charge on any atom is -0.506 e. The number of para-hydroxylation sites is 1. The molecular weight excluding hydrogens is 424 g/mol. The van der Waals surface area contributed by atoms with Crippen molar-refractivity contribution in [2.45, 2.75) is 75.0 Å². The van der Waals surface area contributed by atoms with Gasteiger partial charge < -0.3 is 30.3 Å². The van der Waals surface area contributed by atoms with Gasteiger partial charge in [0.25, 0.3) is 0 Å². The number of aliphatic hydroxyl groups excluding tert-OH is 3. The number of aromatic nitrogens is 2. The van der Waals surface area contributed by atoms with E-state index in [0.29, 0.717) is 41.7 Å². The van der Waals surface area contributed by atoms with Gasteiger partial charge in [0.2, 0.25) is 5.79 Å². The van der Waals surface area contributed by atoms with E-state index >= 15 is 0 Å². The molecule has 2 saturated heterocycles. The van der Waals surface area contributed by atoms with Crippen molar-refractivity contribution < 1.29 is 30.3 Å². The van der Waals surface area contributed by atoms with Crippen LogP contribution in [0.4, 0.5) is 0 Å². The summed E-state index contributed by atoms with van der Waals surface area (Å²) in [5.74, 6) is -3.15. The van der Waals surface area contributed by atoms with E-state index in [2.05, 4.69) is 13.8 Å². The Morgan fingerprint density at radius 2 is 1.82 bits per heavy atom. The highest BCUT2D eigenvalue weighted by Gasteiger charge is 2.85. The standard InChI is InChI=1S/C25H30N2O6/c1-22(2)9-8-15(29)23-10-33-25(32,21(31)18(22)23)24-14(23)7-6-11(20(24)30)16-19(24)26-12-4-3-5-13(28)17(12)27-16/h3-5,11,14-15,18,20-21,28-32H,6-10H2,1-2H3/t11-,14?,15-,18?,20?,21-,23+,24-,25+/m0/s1. The van der Waals surface area contributed by atoms with Gasteiger partial charge in [0.1, 0.15) is 22.8 Å². The normalized spacial score (nSPS) is 48.9. The van der Waals surface area contributed by atoms with Gasteiger partial charge in [0, 0.05) is 17.3 Å². The van der Waals surface area contributed by atoms with Gasteiger partial charge in [0.05, 0.1) is 35.7 Å². The van der Waals surface area contributed by atoms with Gasteiger partial charge in [-0.05, 0) is 49.1 Å². The second-order valence-electron chi connectivity index (χ2n) is 11.7. The molecule has 6 aliphatic rings. The Kier molecular flexibility index (Phi) is 3.64. The third kappa shape index (κ3) is 1.94. The molecule has 33 heavy (non-hydrogen) atoms. The summed E-state index contributed by atoms with van der Waals surface area (Å²) in [5, 5.41) is 57.7. The number of ether oxygens (including phenoxy) is 1. The van der Waals surface area contributed by atoms with E-state index in [1.165, 1.54) is 0 Å². The van der Waals surface area contributed by atoms with Crippen LogP contribution in [0, 0.1) is 22.7 Å². The summed E-state index contributed by atoms with van der Waals surface area (Å²) < 4.78 is 6.12. The molecule has 9 atom stereocenters. The molecule has 3 saturated carbocycles. The van der Waals surface area contributed by atoms with Crippen LogP contribution in [0.1, 0.15) is 56.8 Å². The fourth-order valence-electron chi connectivity index (χ4n) is 9.04. The molecule has 8 heteroatoms. The van der Waals surface area contributed by atoms with Gasteiger partial charge in [0.15, 0.2) is 0 Å². The topological polar surface area (TPSA) is 136 Å². The predicted octanol–water partition coefficient (Wildman–Crippen LogP) is 1.32. The van der Waals surface area contributed by atoms with Crippen LogP contribution >= 0.6 is 0 Å². The maximum atomic E-state index is 12.2. The lowest BCUT2D eigenvalue weighted by atomic mass is 9.35. The third-order valence-corrected chi connectivity index (χ3v) is 10.2. The van der Waals surface area contributed by atoms with Gasteiger partial charge >= 0.3 is 0 Å². The number of benzene rings is 1. The molecule has 0 radical (unpaired) electrons. The summed E-state index contributed by atoms with van der Waals surface area (Å²) in [6.07, 6.45) is -0.490. The summed E-state index contributed by atoms with van der Waals surface area (Å²) in [5.41, 5.74) is -0.728. The molecule has 4 aliphatic carbocycles. The molecule has 1 aromatic heterocycles. The average molecular weight is 455 g/mol. The van der Waals surface area contributed by atoms with Crippen LogP contribution in [0.3, 0.4) is 0 Å². The SMILES string of the molecule is CC1(C)CC[C@H](O)[C@]23CO[C@](O)([C@@H](O)C12)[C@]12c4nc5cccc(O)c5nc4[C@H](CCC31)C2O. The first-order valence-electron chi connectivity index (χ1n) is 12.0. The number of aliphatic hydroxyl groups is 4. The first kappa shape index (κ1) is 20.5. The molecule has 2 aliphatic heterocycles. The number of rotatable bonds is 0. The van der Waals surface area contributed by atoms with Gasteiger partial charge in [-0.3, -0.25) is 0 Å². The number of nitrogens with zero attached hydrogens (tertiary/aromatic N) is 2. The van der Waals surface area contributed by atoms with Crippen LogP contribution in [-0.4, -0.2) is 66.2 Å². The minimum absolute atomic E-state index is 0.0102. The smallest absolute Gasteiger partial charge is 0.206 e. The van der Waals surface area contributed by atoms with Crippen LogP contribution in [0.25, 0.3) is 11.0 Å². The van der Waals surface area contributed by atoms with Crippen molar-refractivity contribution in [1.29, 1.82) is 0 Å². The first-order chi connectivity index (χ1) is 15.6. The van der Waals surface area contributed by atoms with Crippen LogP contribution < -0.4 is 0 Å². The molecule has 5 N–H and O–H groups in total. The Bertz CT molecular complexity index is 1200. The van der Waals surface area contributed by atoms with E-state index in [0.717, 1.165) is 6.42 Å². The molecule has 2 aromatic rings. The lowest BCUT2D eigenvalue weighted by Gasteiger charge is -2.75. The van der Waals surface area contributed by atoms with Gasteiger partial charge in [-0.15, -0.1) is 0 Å². The van der Waals surface area contributed by atoms with Crippen molar-refractivity contribution in [2.24, 2.45) is 22.7 Å². The highest BCUT2D eigenvalue weighted by molar-refractivity contribution is 5.81. The van der Waals surface area contributed by atoms with E-state index in [1.807, 2.05) is 0 Å². The monoisotopic (exact) mass is 454 g/mol. The van der Waals surface area contributed by atoms with E-state index in [1.54, 1.807) is 18.2 Å². The molecule has 176 valence electrons. The average Bonchev–Trinajstić information content (AvgIpc) is 2.90. The van der Waals surface area contributed by atoms with Crippen LogP contribution in [0.5, 0.6) is 5.75 Å². The summed E-state index contributed by atoms with van der Waals surface area (Å²) >= 11 is 0. The fraction of sp³-hybridized carbons (Fsp3) is 0.680. The molecule has 8 nitrogen and oxygen atoms in total. The summed E-state index contributed by atoms with van der Waals surface area (Å²) in [7, 11) is 0. The number of aromatic hydroxyl groups is 1. The Labute approximate surface area is 191 Å². The maximum absolute atomic E-state index is 12.2. The Morgan fingerprint density at radius 3 is 2.61 bits per heavy atom. The van der Waals surface area contributed by atoms with Crippen molar-refractivity contribution in [1.82, 2.24) is 9.97 Å². The zero-order valence-corrected chi connectivity index (χ0v) is 18.8. The first-order valence-corrected chi connectivity index (χ1v) is 12.0. The minimum atomic E-state index is -2.05. The van der Waals surface area contributed by atoms with Crippen molar-refractivity contribution in [2.75, 3.05) is 6.61 Å². The molecule has 4 bridgehead atoms. The predicted molar refractivity (Wildman–Crippen MR) is 116 cm³/mol. The lowest BCUT2D eigenvalue weighted by Crippen LogP contribution is -2.86. The Balaban J connectivity index is 1.56. The van der Waals surface area contributed by atoms with Crippen molar-refractivity contribution in [3.63, 3.8) is 0 Å². The van der Waals surface area contributed by atoms with E-state index in [-0.39, 0.29) is 29.6 Å². The molecule has 3 heterocycles. The number of phenolic OH excluding ortho intramolecular Hbond substituents is 1. The lowest BCUT2D eigenvalue weighted by molar-refractivity contribution is -0.449. The number of fused-ring (bicyclic) bond motifs is 5. The quantitative estimate of drug-likeness (QED) is 0.402. The van der Waals surface area contributed by atoms with Crippen LogP contribution in [0.15, 0.2) is 18.2 Å². The van der Waals surface area contributed by atoms with Crippen molar-refractivity contribution in [3.05, 3.63) is 29.6 Å². The highest BCUT2D eigenvalue weighted by Crippen LogP contribution is 2.76. The van der Waals surface area contributed by atoms with E-state index < -0.39 is 40.8 Å². The number of hydrogen-bond acceptors (Lipinski definition) is 8. The zero-order valence-electron chi connectivity index (χ0n) is 18.8. The summed E-state index contributed by atoms with van der Waals surface area (Å²) in [6, 6.07) is 4.97. The molecule has 0 amide bonds. The second-order valence-corrected chi connectivity index (χ2v) is 11.7. The Hall–Kier alpha value is -1.84. The summed E-state index contributed by atoms with van der Waals surface area (Å²) in [4.78, 5) is 9.60. The second kappa shape index (κ2) is 5.86. The maximum Gasteiger partial charge on any atom is 0.206 e. The third-order valence-electron chi connectivity index (χ3n) is 10.2. The summed E-state index contributed by atoms with van der Waals surface area (Å²) in [6.45, 7) is 4.31. The van der Waals surface area contributed by atoms with Crippen molar-refractivity contribution >= 4 is 11.0 Å². The zero-order chi connectivity index (χ0) is 23.1. The van der Waals surface area contributed by atoms with Crippen LogP contribution in [0.2, 0.25) is 0 Å². The largest absolute Gasteiger partial charge is 0.506 e. The molecule has 1 aromatic carbocycles. The van der Waals surface area contributed by atoms with E-state index in [4.69, 9.17) is 14.7 Å².